The lowest BCUT2D eigenvalue weighted by Gasteiger charge is -2.25. The van der Waals surface area contributed by atoms with Crippen LogP contribution in [0, 0.1) is 0 Å². The van der Waals surface area contributed by atoms with E-state index in [1.807, 2.05) is 30.3 Å². The first-order valence-corrected chi connectivity index (χ1v) is 11.9. The van der Waals surface area contributed by atoms with Crippen LogP contribution in [-0.4, -0.2) is 50.2 Å². The third-order valence-electron chi connectivity index (χ3n) is 5.42. The van der Waals surface area contributed by atoms with Gasteiger partial charge in [-0.2, -0.15) is 4.31 Å². The van der Waals surface area contributed by atoms with Gasteiger partial charge in [-0.3, -0.25) is 0 Å². The quantitative estimate of drug-likeness (QED) is 0.575. The maximum absolute atomic E-state index is 12.8. The van der Waals surface area contributed by atoms with Crippen LogP contribution in [0.4, 0.5) is 11.5 Å². The third-order valence-corrected chi connectivity index (χ3v) is 7.34. The van der Waals surface area contributed by atoms with Gasteiger partial charge in [0.05, 0.1) is 24.8 Å². The number of nitrogens with one attached hydrogen (secondary N) is 1. The molecule has 3 aromatic rings. The number of aromatic nitrogens is 2. The van der Waals surface area contributed by atoms with Gasteiger partial charge in [-0.25, -0.2) is 8.42 Å². The average Bonchev–Trinajstić information content (AvgIpc) is 2.85. The molecule has 2 heterocycles. The Morgan fingerprint density at radius 3 is 2.19 bits per heavy atom. The van der Waals surface area contributed by atoms with Crippen LogP contribution in [0.3, 0.4) is 0 Å². The Labute approximate surface area is 188 Å². The van der Waals surface area contributed by atoms with Crippen LogP contribution < -0.4 is 14.8 Å². The summed E-state index contributed by atoms with van der Waals surface area (Å²) >= 11 is 0. The van der Waals surface area contributed by atoms with Crippen molar-refractivity contribution < 1.29 is 17.9 Å². The molecule has 0 aliphatic carbocycles. The van der Waals surface area contributed by atoms with Gasteiger partial charge in [-0.05, 0) is 67.4 Å². The van der Waals surface area contributed by atoms with Gasteiger partial charge in [-0.1, -0.05) is 6.42 Å². The fourth-order valence-electron chi connectivity index (χ4n) is 3.66. The molecule has 1 fully saturated rings. The molecule has 1 saturated heterocycles. The van der Waals surface area contributed by atoms with Gasteiger partial charge in [0.15, 0.2) is 17.3 Å². The second kappa shape index (κ2) is 9.54. The standard InChI is InChI=1S/C23H26N4O4S/c1-30-21-12-6-17(16-22(21)31-2)20-11-13-23(26-25-20)24-18-7-9-19(10-8-18)32(28,29)27-14-4-3-5-15-27/h6-13,16H,3-5,14-15H2,1-2H3,(H,24,26). The van der Waals surface area contributed by atoms with Crippen LogP contribution in [0.5, 0.6) is 11.5 Å². The molecule has 0 spiro atoms. The highest BCUT2D eigenvalue weighted by Crippen LogP contribution is 2.31. The zero-order valence-electron chi connectivity index (χ0n) is 18.1. The summed E-state index contributed by atoms with van der Waals surface area (Å²) in [5.74, 6) is 1.82. The molecule has 0 atom stereocenters. The lowest BCUT2D eigenvalue weighted by molar-refractivity contribution is 0.346. The summed E-state index contributed by atoms with van der Waals surface area (Å²) in [7, 11) is -0.263. The minimum absolute atomic E-state index is 0.305. The van der Waals surface area contributed by atoms with E-state index >= 15 is 0 Å². The summed E-state index contributed by atoms with van der Waals surface area (Å²) in [6.45, 7) is 1.18. The van der Waals surface area contributed by atoms with Gasteiger partial charge in [-0.15, -0.1) is 10.2 Å². The summed E-state index contributed by atoms with van der Waals surface area (Å²) in [5, 5.41) is 11.7. The molecule has 168 valence electrons. The Bertz CT molecular complexity index is 1160. The van der Waals surface area contributed by atoms with Crippen molar-refractivity contribution in [2.75, 3.05) is 32.6 Å². The normalized spacial score (nSPS) is 14.7. The molecule has 32 heavy (non-hydrogen) atoms. The first kappa shape index (κ1) is 22.0. The van der Waals surface area contributed by atoms with E-state index in [4.69, 9.17) is 9.47 Å². The van der Waals surface area contributed by atoms with Crippen molar-refractivity contribution >= 4 is 21.5 Å². The SMILES string of the molecule is COc1ccc(-c2ccc(Nc3ccc(S(=O)(=O)N4CCCCC4)cc3)nn2)cc1OC. The number of benzene rings is 2. The van der Waals surface area contributed by atoms with E-state index in [0.717, 1.165) is 30.5 Å². The molecule has 9 heteroatoms. The third kappa shape index (κ3) is 4.68. The fourth-order valence-corrected chi connectivity index (χ4v) is 5.18. The number of hydrogen-bond donors (Lipinski definition) is 1. The number of sulfonamides is 1. The molecule has 1 aromatic heterocycles. The zero-order chi connectivity index (χ0) is 22.6. The Hall–Kier alpha value is -3.17. The number of piperidine rings is 1. The van der Waals surface area contributed by atoms with E-state index in [1.165, 1.54) is 0 Å². The van der Waals surface area contributed by atoms with Crippen molar-refractivity contribution in [1.82, 2.24) is 14.5 Å². The average molecular weight is 455 g/mol. The number of methoxy groups -OCH3 is 2. The topological polar surface area (TPSA) is 93.7 Å². The molecule has 0 unspecified atom stereocenters. The van der Waals surface area contributed by atoms with Crippen molar-refractivity contribution in [1.29, 1.82) is 0 Å². The van der Waals surface area contributed by atoms with Crippen LogP contribution in [0.25, 0.3) is 11.3 Å². The summed E-state index contributed by atoms with van der Waals surface area (Å²) in [5.41, 5.74) is 2.28. The molecular formula is C23H26N4O4S. The monoisotopic (exact) mass is 454 g/mol. The van der Waals surface area contributed by atoms with Crippen molar-refractivity contribution in [3.63, 3.8) is 0 Å². The molecule has 1 aliphatic heterocycles. The lowest BCUT2D eigenvalue weighted by Crippen LogP contribution is -2.35. The van der Waals surface area contributed by atoms with Gasteiger partial charge >= 0.3 is 0 Å². The van der Waals surface area contributed by atoms with Gasteiger partial charge in [0.2, 0.25) is 10.0 Å². The molecule has 0 bridgehead atoms. The van der Waals surface area contributed by atoms with E-state index in [1.54, 1.807) is 42.8 Å². The summed E-state index contributed by atoms with van der Waals surface area (Å²) in [4.78, 5) is 0.305. The van der Waals surface area contributed by atoms with Crippen molar-refractivity contribution in [3.05, 3.63) is 54.6 Å². The van der Waals surface area contributed by atoms with Gasteiger partial charge < -0.3 is 14.8 Å². The summed E-state index contributed by atoms with van der Waals surface area (Å²) < 4.78 is 37.7. The van der Waals surface area contributed by atoms with Crippen LogP contribution >= 0.6 is 0 Å². The van der Waals surface area contributed by atoms with Gasteiger partial charge in [0.1, 0.15) is 0 Å². The van der Waals surface area contributed by atoms with Crippen LogP contribution in [0.15, 0.2) is 59.5 Å². The minimum atomic E-state index is -3.44. The van der Waals surface area contributed by atoms with Crippen LogP contribution in [-0.2, 0) is 10.0 Å². The number of ether oxygens (including phenoxy) is 2. The van der Waals surface area contributed by atoms with E-state index in [-0.39, 0.29) is 0 Å². The molecular weight excluding hydrogens is 428 g/mol. The first-order valence-electron chi connectivity index (χ1n) is 10.4. The molecule has 0 amide bonds. The molecule has 0 radical (unpaired) electrons. The molecule has 4 rings (SSSR count). The van der Waals surface area contributed by atoms with Crippen LogP contribution in [0.1, 0.15) is 19.3 Å². The van der Waals surface area contributed by atoms with Crippen molar-refractivity contribution in [3.8, 4) is 22.8 Å². The largest absolute Gasteiger partial charge is 0.493 e. The van der Waals surface area contributed by atoms with Crippen LogP contribution in [0.2, 0.25) is 0 Å². The predicted molar refractivity (Wildman–Crippen MR) is 123 cm³/mol. The smallest absolute Gasteiger partial charge is 0.243 e. The predicted octanol–water partition coefficient (Wildman–Crippen LogP) is 4.08. The Morgan fingerprint density at radius 1 is 0.844 bits per heavy atom. The number of hydrogen-bond acceptors (Lipinski definition) is 7. The van der Waals surface area contributed by atoms with E-state index in [2.05, 4.69) is 15.5 Å². The molecule has 1 aliphatic rings. The fraction of sp³-hybridized carbons (Fsp3) is 0.304. The maximum atomic E-state index is 12.8. The molecule has 8 nitrogen and oxygen atoms in total. The summed E-state index contributed by atoms with van der Waals surface area (Å²) in [6, 6.07) is 15.9. The van der Waals surface area contributed by atoms with E-state index < -0.39 is 10.0 Å². The molecule has 2 aromatic carbocycles. The van der Waals surface area contributed by atoms with Gasteiger partial charge in [0, 0.05) is 24.3 Å². The summed E-state index contributed by atoms with van der Waals surface area (Å²) in [6.07, 6.45) is 2.91. The second-order valence-corrected chi connectivity index (χ2v) is 9.43. The Balaban J connectivity index is 1.46. The Morgan fingerprint density at radius 2 is 1.56 bits per heavy atom. The number of anilines is 2. The second-order valence-electron chi connectivity index (χ2n) is 7.49. The van der Waals surface area contributed by atoms with Crippen molar-refractivity contribution in [2.24, 2.45) is 0 Å². The highest BCUT2D eigenvalue weighted by Gasteiger charge is 2.25. The number of rotatable bonds is 7. The zero-order valence-corrected chi connectivity index (χ0v) is 18.9. The highest BCUT2D eigenvalue weighted by atomic mass is 32.2. The maximum Gasteiger partial charge on any atom is 0.243 e. The van der Waals surface area contributed by atoms with Crippen molar-refractivity contribution in [2.45, 2.75) is 24.2 Å². The van der Waals surface area contributed by atoms with E-state index in [0.29, 0.717) is 41.0 Å². The van der Waals surface area contributed by atoms with Gasteiger partial charge in [0.25, 0.3) is 0 Å². The Kier molecular flexibility index (Phi) is 6.57. The minimum Gasteiger partial charge on any atom is -0.493 e. The highest BCUT2D eigenvalue weighted by molar-refractivity contribution is 7.89. The molecule has 1 N–H and O–H groups in total. The lowest BCUT2D eigenvalue weighted by atomic mass is 10.1. The number of nitrogens with zero attached hydrogens (tertiary/aromatic N) is 3. The molecule has 0 saturated carbocycles. The first-order chi connectivity index (χ1) is 15.5. The van der Waals surface area contributed by atoms with E-state index in [9.17, 15) is 8.42 Å².